The van der Waals surface area contributed by atoms with Gasteiger partial charge in [0.15, 0.2) is 0 Å². The molecule has 76 valence electrons. The second-order valence-electron chi connectivity index (χ2n) is 4.37. The Morgan fingerprint density at radius 1 is 1.43 bits per heavy atom. The van der Waals surface area contributed by atoms with E-state index in [1.54, 1.807) is 13.8 Å². The van der Waals surface area contributed by atoms with Crippen LogP contribution >= 0.6 is 0 Å². The lowest BCUT2D eigenvalue weighted by molar-refractivity contribution is 0.0649. The second kappa shape index (κ2) is 3.77. The Hall–Kier alpha value is -0.765. The van der Waals surface area contributed by atoms with Crippen LogP contribution in [0.4, 0.5) is 0 Å². The van der Waals surface area contributed by atoms with E-state index in [-0.39, 0.29) is 0 Å². The van der Waals surface area contributed by atoms with Gasteiger partial charge in [0.2, 0.25) is 0 Å². The predicted molar refractivity (Wildman–Crippen MR) is 58.0 cm³/mol. The number of hydrogen-bond donors (Lipinski definition) is 1. The van der Waals surface area contributed by atoms with Crippen molar-refractivity contribution in [1.82, 2.24) is 9.78 Å². The van der Waals surface area contributed by atoms with Crippen LogP contribution in [-0.2, 0) is 6.54 Å². The summed E-state index contributed by atoms with van der Waals surface area (Å²) in [5.41, 5.74) is 1.94. The van der Waals surface area contributed by atoms with Crippen molar-refractivity contribution >= 4 is 13.3 Å². The van der Waals surface area contributed by atoms with E-state index in [1.807, 2.05) is 18.5 Å². The number of aryl methyl sites for hydroxylation is 2. The minimum Gasteiger partial charge on any atom is -0.390 e. The van der Waals surface area contributed by atoms with Gasteiger partial charge in [-0.1, -0.05) is 5.46 Å². The van der Waals surface area contributed by atoms with Gasteiger partial charge in [-0.2, -0.15) is 5.10 Å². The van der Waals surface area contributed by atoms with Crippen molar-refractivity contribution in [2.75, 3.05) is 0 Å². The smallest absolute Gasteiger partial charge is 0.118 e. The van der Waals surface area contributed by atoms with E-state index in [0.717, 1.165) is 16.9 Å². The summed E-state index contributed by atoms with van der Waals surface area (Å²) in [4.78, 5) is 0. The summed E-state index contributed by atoms with van der Waals surface area (Å²) >= 11 is 0. The molecule has 4 heteroatoms. The van der Waals surface area contributed by atoms with Crippen LogP contribution in [0.15, 0.2) is 0 Å². The third-order valence-electron chi connectivity index (χ3n) is 2.37. The summed E-state index contributed by atoms with van der Waals surface area (Å²) < 4.78 is 1.85. The number of rotatable bonds is 3. The van der Waals surface area contributed by atoms with Crippen molar-refractivity contribution in [2.45, 2.75) is 46.3 Å². The van der Waals surface area contributed by atoms with Crippen molar-refractivity contribution in [3.63, 3.8) is 0 Å². The van der Waals surface area contributed by atoms with Gasteiger partial charge in [-0.15, -0.1) is 0 Å². The summed E-state index contributed by atoms with van der Waals surface area (Å²) in [6.45, 7) is 8.13. The molecule has 1 aromatic rings. The Bertz CT molecular complexity index is 326. The first-order valence-corrected chi connectivity index (χ1v) is 4.83. The van der Waals surface area contributed by atoms with E-state index >= 15 is 0 Å². The molecule has 0 aliphatic carbocycles. The first-order valence-electron chi connectivity index (χ1n) is 4.83. The summed E-state index contributed by atoms with van der Waals surface area (Å²) in [7, 11) is 5.80. The van der Waals surface area contributed by atoms with Gasteiger partial charge in [-0.05, 0) is 34.1 Å². The number of hydrogen-bond acceptors (Lipinski definition) is 2. The zero-order chi connectivity index (χ0) is 10.9. The van der Waals surface area contributed by atoms with Crippen LogP contribution in [-0.4, -0.2) is 28.3 Å². The van der Waals surface area contributed by atoms with E-state index in [2.05, 4.69) is 5.10 Å². The first kappa shape index (κ1) is 11.3. The van der Waals surface area contributed by atoms with Gasteiger partial charge in [0.05, 0.1) is 11.3 Å². The van der Waals surface area contributed by atoms with Crippen LogP contribution in [0.25, 0.3) is 0 Å². The maximum absolute atomic E-state index is 9.57. The quantitative estimate of drug-likeness (QED) is 0.706. The lowest BCUT2D eigenvalue weighted by Crippen LogP contribution is -2.22. The molecule has 0 atom stereocenters. The molecular weight excluding hydrogens is 175 g/mol. The lowest BCUT2D eigenvalue weighted by atomic mass is 9.94. The van der Waals surface area contributed by atoms with Gasteiger partial charge in [-0.25, -0.2) is 0 Å². The fourth-order valence-corrected chi connectivity index (χ4v) is 1.31. The zero-order valence-corrected chi connectivity index (χ0v) is 9.33. The molecule has 1 rings (SSSR count). The molecule has 0 aliphatic heterocycles. The Morgan fingerprint density at radius 2 is 2.00 bits per heavy atom. The largest absolute Gasteiger partial charge is 0.390 e. The molecule has 0 saturated heterocycles. The average Bonchev–Trinajstić information content (AvgIpc) is 2.28. The maximum Gasteiger partial charge on any atom is 0.118 e. The van der Waals surface area contributed by atoms with Crippen LogP contribution in [0.2, 0.25) is 0 Å². The Balaban J connectivity index is 2.73. The summed E-state index contributed by atoms with van der Waals surface area (Å²) in [6.07, 6.45) is 0.675. The lowest BCUT2D eigenvalue weighted by Gasteiger charge is -2.17. The highest BCUT2D eigenvalue weighted by atomic mass is 16.3. The van der Waals surface area contributed by atoms with Gasteiger partial charge in [0.1, 0.15) is 7.85 Å². The van der Waals surface area contributed by atoms with Gasteiger partial charge in [0, 0.05) is 12.2 Å². The number of aromatic nitrogens is 2. The minimum absolute atomic E-state index is 0.652. The Morgan fingerprint density at radius 3 is 2.36 bits per heavy atom. The molecule has 14 heavy (non-hydrogen) atoms. The van der Waals surface area contributed by atoms with Crippen LogP contribution in [0.3, 0.4) is 0 Å². The molecule has 1 aromatic heterocycles. The topological polar surface area (TPSA) is 38.0 Å². The van der Waals surface area contributed by atoms with E-state index in [0.29, 0.717) is 13.0 Å². The highest BCUT2D eigenvalue weighted by Crippen LogP contribution is 2.09. The molecule has 0 amide bonds. The molecule has 3 nitrogen and oxygen atoms in total. The SMILES string of the molecule is [B]c1c(C)nn(CCC(C)(C)O)c1C. The highest BCUT2D eigenvalue weighted by Gasteiger charge is 2.14. The number of aliphatic hydroxyl groups is 1. The van der Waals surface area contributed by atoms with Crippen molar-refractivity contribution < 1.29 is 5.11 Å². The third kappa shape index (κ3) is 2.61. The monoisotopic (exact) mass is 192 g/mol. The molecular formula is C10H17BN2O. The van der Waals surface area contributed by atoms with Crippen LogP contribution in [0, 0.1) is 13.8 Å². The molecule has 0 unspecified atom stereocenters. The fourth-order valence-electron chi connectivity index (χ4n) is 1.31. The zero-order valence-electron chi connectivity index (χ0n) is 9.33. The molecule has 1 heterocycles. The molecule has 1 N–H and O–H groups in total. The molecule has 0 aromatic carbocycles. The highest BCUT2D eigenvalue weighted by molar-refractivity contribution is 6.33. The van der Waals surface area contributed by atoms with E-state index < -0.39 is 5.60 Å². The number of nitrogens with zero attached hydrogens (tertiary/aromatic N) is 2. The second-order valence-corrected chi connectivity index (χ2v) is 4.37. The van der Waals surface area contributed by atoms with Crippen molar-refractivity contribution in [2.24, 2.45) is 0 Å². The normalized spacial score (nSPS) is 12.1. The van der Waals surface area contributed by atoms with Crippen LogP contribution in [0.5, 0.6) is 0 Å². The Labute approximate surface area is 86.5 Å². The van der Waals surface area contributed by atoms with Gasteiger partial charge in [0.25, 0.3) is 0 Å². The molecule has 0 bridgehead atoms. The molecule has 0 spiro atoms. The predicted octanol–water partition coefficient (Wildman–Crippen LogP) is 0.455. The summed E-state index contributed by atoms with van der Waals surface area (Å²) in [5, 5.41) is 13.9. The van der Waals surface area contributed by atoms with E-state index in [4.69, 9.17) is 7.85 Å². The van der Waals surface area contributed by atoms with Crippen molar-refractivity contribution in [3.8, 4) is 0 Å². The molecule has 2 radical (unpaired) electrons. The summed E-state index contributed by atoms with van der Waals surface area (Å²) in [5.74, 6) is 0. The maximum atomic E-state index is 9.57. The average molecular weight is 192 g/mol. The van der Waals surface area contributed by atoms with E-state index in [9.17, 15) is 5.11 Å². The summed E-state index contributed by atoms with van der Waals surface area (Å²) in [6, 6.07) is 0. The van der Waals surface area contributed by atoms with Crippen LogP contribution in [0.1, 0.15) is 31.7 Å². The Kier molecular flexibility index (Phi) is 3.05. The fraction of sp³-hybridized carbons (Fsp3) is 0.700. The van der Waals surface area contributed by atoms with Crippen molar-refractivity contribution in [3.05, 3.63) is 11.4 Å². The van der Waals surface area contributed by atoms with E-state index in [1.165, 1.54) is 0 Å². The molecule has 0 fully saturated rings. The minimum atomic E-state index is -0.652. The van der Waals surface area contributed by atoms with Gasteiger partial charge < -0.3 is 5.11 Å². The standard InChI is InChI=1S/C10H17BN2O/c1-7-9(11)8(2)13(12-7)6-5-10(3,4)14/h14H,5-6H2,1-4H3. The molecule has 0 saturated carbocycles. The first-order chi connectivity index (χ1) is 6.31. The van der Waals surface area contributed by atoms with Crippen molar-refractivity contribution in [1.29, 1.82) is 0 Å². The van der Waals surface area contributed by atoms with Crippen LogP contribution < -0.4 is 5.46 Å². The van der Waals surface area contributed by atoms with Gasteiger partial charge in [-0.3, -0.25) is 4.68 Å². The third-order valence-corrected chi connectivity index (χ3v) is 2.37. The van der Waals surface area contributed by atoms with Gasteiger partial charge >= 0.3 is 0 Å². The molecule has 0 aliphatic rings.